The summed E-state index contributed by atoms with van der Waals surface area (Å²) in [6.45, 7) is 2.90. The molecule has 0 bridgehead atoms. The van der Waals surface area contributed by atoms with Crippen LogP contribution in [0.3, 0.4) is 0 Å². The van der Waals surface area contributed by atoms with Crippen molar-refractivity contribution in [1.82, 2.24) is 0 Å². The lowest BCUT2D eigenvalue weighted by Gasteiger charge is -2.17. The Balaban J connectivity index is 1.97. The van der Waals surface area contributed by atoms with Crippen molar-refractivity contribution in [2.75, 3.05) is 6.61 Å². The first-order valence-electron chi connectivity index (χ1n) is 6.43. The normalized spacial score (nSPS) is 16.6. The number of aryl methyl sites for hydroxylation is 1. The Hall–Kier alpha value is -1.28. The number of allylic oxidation sites excluding steroid dienone is 1. The molecule has 1 aliphatic rings. The molecular weight excluding hydrogens is 210 g/mol. The van der Waals surface area contributed by atoms with Crippen molar-refractivity contribution in [3.8, 4) is 5.75 Å². The minimum atomic E-state index is 0.289. The van der Waals surface area contributed by atoms with Gasteiger partial charge in [0.1, 0.15) is 5.75 Å². The van der Waals surface area contributed by atoms with Gasteiger partial charge in [-0.1, -0.05) is 18.2 Å². The fourth-order valence-electron chi connectivity index (χ4n) is 2.06. The lowest BCUT2D eigenvalue weighted by atomic mass is 10.0. The van der Waals surface area contributed by atoms with Gasteiger partial charge < -0.3 is 10.5 Å². The fraction of sp³-hybridized carbons (Fsp3) is 0.467. The van der Waals surface area contributed by atoms with E-state index in [1.807, 2.05) is 6.92 Å². The van der Waals surface area contributed by atoms with E-state index in [0.717, 1.165) is 38.0 Å². The van der Waals surface area contributed by atoms with Crippen LogP contribution in [0, 0.1) is 0 Å². The molecule has 1 aromatic carbocycles. The van der Waals surface area contributed by atoms with Gasteiger partial charge in [-0.25, -0.2) is 0 Å². The Morgan fingerprint density at radius 2 is 2.35 bits per heavy atom. The van der Waals surface area contributed by atoms with Gasteiger partial charge in [0.2, 0.25) is 0 Å². The number of nitrogens with two attached hydrogens (primary N) is 1. The molecule has 0 radical (unpaired) electrons. The summed E-state index contributed by atoms with van der Waals surface area (Å²) >= 11 is 0. The summed E-state index contributed by atoms with van der Waals surface area (Å²) in [6.07, 6.45) is 8.74. The van der Waals surface area contributed by atoms with E-state index in [1.165, 1.54) is 11.1 Å². The number of fused-ring (bicyclic) bond motifs is 1. The topological polar surface area (TPSA) is 35.2 Å². The van der Waals surface area contributed by atoms with E-state index in [0.29, 0.717) is 0 Å². The summed E-state index contributed by atoms with van der Waals surface area (Å²) in [5.41, 5.74) is 8.31. The maximum Gasteiger partial charge on any atom is 0.122 e. The van der Waals surface area contributed by atoms with Gasteiger partial charge in [-0.05, 0) is 55.9 Å². The summed E-state index contributed by atoms with van der Waals surface area (Å²) in [5.74, 6) is 1.06. The average molecular weight is 231 g/mol. The second-order valence-electron chi connectivity index (χ2n) is 4.78. The number of hydrogen-bond acceptors (Lipinski definition) is 2. The van der Waals surface area contributed by atoms with Crippen LogP contribution < -0.4 is 10.5 Å². The number of hydrogen-bond donors (Lipinski definition) is 1. The second kappa shape index (κ2) is 5.87. The van der Waals surface area contributed by atoms with Crippen LogP contribution in [-0.4, -0.2) is 12.6 Å². The van der Waals surface area contributed by atoms with Gasteiger partial charge >= 0.3 is 0 Å². The highest BCUT2D eigenvalue weighted by Crippen LogP contribution is 2.25. The van der Waals surface area contributed by atoms with Gasteiger partial charge in [0.05, 0.1) is 6.61 Å². The maximum absolute atomic E-state index is 5.71. The summed E-state index contributed by atoms with van der Waals surface area (Å²) in [4.78, 5) is 0. The van der Waals surface area contributed by atoms with E-state index in [2.05, 4.69) is 30.4 Å². The molecule has 2 nitrogen and oxygen atoms in total. The van der Waals surface area contributed by atoms with Crippen molar-refractivity contribution < 1.29 is 4.74 Å². The fourth-order valence-corrected chi connectivity index (χ4v) is 2.06. The molecule has 0 amide bonds. The Labute approximate surface area is 103 Å². The summed E-state index contributed by atoms with van der Waals surface area (Å²) < 4.78 is 5.59. The highest BCUT2D eigenvalue weighted by molar-refractivity contribution is 5.53. The summed E-state index contributed by atoms with van der Waals surface area (Å²) in [7, 11) is 0. The van der Waals surface area contributed by atoms with Crippen LogP contribution in [0.25, 0.3) is 6.08 Å². The molecule has 1 aromatic rings. The van der Waals surface area contributed by atoms with Crippen molar-refractivity contribution in [2.45, 2.75) is 38.6 Å². The third-order valence-corrected chi connectivity index (χ3v) is 3.03. The predicted octanol–water partition coefficient (Wildman–Crippen LogP) is 3.15. The Morgan fingerprint density at radius 1 is 1.47 bits per heavy atom. The van der Waals surface area contributed by atoms with Crippen molar-refractivity contribution in [1.29, 1.82) is 0 Å². The Kier molecular flexibility index (Phi) is 4.21. The molecule has 2 N–H and O–H groups in total. The SMILES string of the molecule is CC(N)CC/C=C/c1ccc2c(c1)CCCO2. The molecule has 1 atom stereocenters. The van der Waals surface area contributed by atoms with Crippen LogP contribution >= 0.6 is 0 Å². The molecule has 2 heteroatoms. The van der Waals surface area contributed by atoms with E-state index in [4.69, 9.17) is 10.5 Å². The van der Waals surface area contributed by atoms with E-state index < -0.39 is 0 Å². The van der Waals surface area contributed by atoms with Gasteiger partial charge in [-0.15, -0.1) is 0 Å². The quantitative estimate of drug-likeness (QED) is 0.864. The Morgan fingerprint density at radius 3 is 3.18 bits per heavy atom. The second-order valence-corrected chi connectivity index (χ2v) is 4.78. The van der Waals surface area contributed by atoms with Crippen LogP contribution in [0.1, 0.15) is 37.3 Å². The molecular formula is C15H21NO. The van der Waals surface area contributed by atoms with Crippen LogP contribution in [0.2, 0.25) is 0 Å². The van der Waals surface area contributed by atoms with Gasteiger partial charge in [-0.3, -0.25) is 0 Å². The lowest BCUT2D eigenvalue weighted by molar-refractivity contribution is 0.288. The molecule has 1 unspecified atom stereocenters. The maximum atomic E-state index is 5.71. The lowest BCUT2D eigenvalue weighted by Crippen LogP contribution is -2.13. The number of benzene rings is 1. The van der Waals surface area contributed by atoms with Gasteiger partial charge in [0, 0.05) is 6.04 Å². The zero-order chi connectivity index (χ0) is 12.1. The third-order valence-electron chi connectivity index (χ3n) is 3.03. The summed E-state index contributed by atoms with van der Waals surface area (Å²) in [5, 5.41) is 0. The molecule has 0 fully saturated rings. The van der Waals surface area contributed by atoms with Crippen molar-refractivity contribution in [3.63, 3.8) is 0 Å². The van der Waals surface area contributed by atoms with Crippen LogP contribution in [0.4, 0.5) is 0 Å². The highest BCUT2D eigenvalue weighted by Gasteiger charge is 2.09. The van der Waals surface area contributed by atoms with Crippen LogP contribution in [-0.2, 0) is 6.42 Å². The standard InChI is InChI=1S/C15H21NO/c1-12(16)5-2-3-6-13-8-9-15-14(11-13)7-4-10-17-15/h3,6,8-9,11-12H,2,4-5,7,10,16H2,1H3/b6-3+. The molecule has 1 heterocycles. The zero-order valence-corrected chi connectivity index (χ0v) is 10.5. The summed E-state index contributed by atoms with van der Waals surface area (Å²) in [6, 6.07) is 6.72. The first-order valence-corrected chi connectivity index (χ1v) is 6.43. The van der Waals surface area contributed by atoms with E-state index >= 15 is 0 Å². The van der Waals surface area contributed by atoms with Gasteiger partial charge in [0.15, 0.2) is 0 Å². The van der Waals surface area contributed by atoms with Crippen molar-refractivity contribution >= 4 is 6.08 Å². The largest absolute Gasteiger partial charge is 0.493 e. The van der Waals surface area contributed by atoms with Crippen molar-refractivity contribution in [3.05, 3.63) is 35.4 Å². The monoisotopic (exact) mass is 231 g/mol. The molecule has 0 aliphatic carbocycles. The van der Waals surface area contributed by atoms with Crippen LogP contribution in [0.5, 0.6) is 5.75 Å². The Bertz CT molecular complexity index is 396. The molecule has 92 valence electrons. The van der Waals surface area contributed by atoms with Gasteiger partial charge in [-0.2, -0.15) is 0 Å². The smallest absolute Gasteiger partial charge is 0.122 e. The molecule has 1 aliphatic heterocycles. The van der Waals surface area contributed by atoms with Crippen LogP contribution in [0.15, 0.2) is 24.3 Å². The third kappa shape index (κ3) is 3.60. The number of ether oxygens (including phenoxy) is 1. The molecule has 2 rings (SSSR count). The van der Waals surface area contributed by atoms with E-state index in [-0.39, 0.29) is 6.04 Å². The molecule has 0 saturated carbocycles. The molecule has 0 spiro atoms. The van der Waals surface area contributed by atoms with E-state index in [9.17, 15) is 0 Å². The minimum absolute atomic E-state index is 0.289. The number of rotatable bonds is 4. The van der Waals surface area contributed by atoms with Gasteiger partial charge in [0.25, 0.3) is 0 Å². The minimum Gasteiger partial charge on any atom is -0.493 e. The molecule has 0 saturated heterocycles. The molecule has 17 heavy (non-hydrogen) atoms. The van der Waals surface area contributed by atoms with Crippen molar-refractivity contribution in [2.24, 2.45) is 5.73 Å². The first kappa shape index (κ1) is 12.2. The van der Waals surface area contributed by atoms with E-state index in [1.54, 1.807) is 0 Å². The first-order chi connectivity index (χ1) is 8.25. The predicted molar refractivity (Wildman–Crippen MR) is 72.2 cm³/mol. The average Bonchev–Trinajstić information content (AvgIpc) is 2.34. The molecule has 0 aromatic heterocycles. The zero-order valence-electron chi connectivity index (χ0n) is 10.5. The highest BCUT2D eigenvalue weighted by atomic mass is 16.5.